The smallest absolute Gasteiger partial charge is 0.193 e. The molecule has 2 nitrogen and oxygen atoms in total. The van der Waals surface area contributed by atoms with Crippen LogP contribution in [0.25, 0.3) is 0 Å². The predicted octanol–water partition coefficient (Wildman–Crippen LogP) is 3.77. The van der Waals surface area contributed by atoms with Crippen molar-refractivity contribution in [3.05, 3.63) is 63.7 Å². The van der Waals surface area contributed by atoms with Gasteiger partial charge in [-0.05, 0) is 55.3 Å². The number of ketones is 1. The molecular weight excluding hydrogens is 246 g/mol. The summed E-state index contributed by atoms with van der Waals surface area (Å²) in [5, 5.41) is 0.566. The fraction of sp³-hybridized carbons (Fsp3) is 0.133. The quantitative estimate of drug-likeness (QED) is 0.659. The second-order valence-electron chi connectivity index (χ2n) is 4.36. The maximum Gasteiger partial charge on any atom is 0.193 e. The molecule has 0 unspecified atom stereocenters. The molecule has 0 spiro atoms. The minimum atomic E-state index is -0.0295. The van der Waals surface area contributed by atoms with Crippen LogP contribution in [-0.2, 0) is 0 Å². The van der Waals surface area contributed by atoms with Crippen molar-refractivity contribution in [2.24, 2.45) is 0 Å². The molecular formula is C15H14ClNO. The number of nitrogens with two attached hydrogens (primary N) is 1. The summed E-state index contributed by atoms with van der Waals surface area (Å²) in [6.45, 7) is 3.78. The molecule has 0 amide bonds. The summed E-state index contributed by atoms with van der Waals surface area (Å²) in [6.07, 6.45) is 0. The van der Waals surface area contributed by atoms with Crippen LogP contribution in [0.3, 0.4) is 0 Å². The zero-order chi connectivity index (χ0) is 13.3. The number of aryl methyl sites for hydroxylation is 2. The summed E-state index contributed by atoms with van der Waals surface area (Å²) in [6, 6.07) is 10.6. The number of carbonyl (C=O) groups is 1. The van der Waals surface area contributed by atoms with E-state index in [1.54, 1.807) is 30.3 Å². The van der Waals surface area contributed by atoms with Gasteiger partial charge in [0.25, 0.3) is 0 Å². The van der Waals surface area contributed by atoms with Crippen molar-refractivity contribution in [3.8, 4) is 0 Å². The largest absolute Gasteiger partial charge is 0.399 e. The molecule has 3 heteroatoms. The molecule has 2 aromatic rings. The summed E-state index contributed by atoms with van der Waals surface area (Å²) < 4.78 is 0. The van der Waals surface area contributed by atoms with Gasteiger partial charge in [0.05, 0.1) is 0 Å². The van der Waals surface area contributed by atoms with Crippen molar-refractivity contribution >= 4 is 23.1 Å². The Kier molecular flexibility index (Phi) is 3.39. The number of benzene rings is 2. The van der Waals surface area contributed by atoms with Crippen LogP contribution in [0.4, 0.5) is 5.69 Å². The summed E-state index contributed by atoms with van der Waals surface area (Å²) >= 11 is 5.93. The van der Waals surface area contributed by atoms with E-state index in [2.05, 4.69) is 0 Å². The van der Waals surface area contributed by atoms with Crippen LogP contribution in [0.5, 0.6) is 0 Å². The monoisotopic (exact) mass is 259 g/mol. The van der Waals surface area contributed by atoms with Gasteiger partial charge in [-0.3, -0.25) is 4.79 Å². The van der Waals surface area contributed by atoms with Crippen molar-refractivity contribution in [2.45, 2.75) is 13.8 Å². The van der Waals surface area contributed by atoms with Gasteiger partial charge in [0.2, 0.25) is 0 Å². The van der Waals surface area contributed by atoms with Crippen LogP contribution in [0, 0.1) is 13.8 Å². The standard InChI is InChI=1S/C15H14ClNO/c1-9-3-5-12(16)8-13(9)15(18)11-4-6-14(17)10(2)7-11/h3-8H,17H2,1-2H3. The Morgan fingerprint density at radius 3 is 2.44 bits per heavy atom. The minimum Gasteiger partial charge on any atom is -0.399 e. The number of hydrogen-bond donors (Lipinski definition) is 1. The first-order valence-electron chi connectivity index (χ1n) is 5.66. The van der Waals surface area contributed by atoms with Gasteiger partial charge in [0.1, 0.15) is 0 Å². The van der Waals surface area contributed by atoms with Gasteiger partial charge in [-0.1, -0.05) is 17.7 Å². The van der Waals surface area contributed by atoms with Gasteiger partial charge in [-0.15, -0.1) is 0 Å². The summed E-state index contributed by atoms with van der Waals surface area (Å²) in [5.74, 6) is -0.0295. The SMILES string of the molecule is Cc1cc(C(=O)c2cc(Cl)ccc2C)ccc1N. The number of rotatable bonds is 2. The molecule has 92 valence electrons. The predicted molar refractivity (Wildman–Crippen MR) is 75.2 cm³/mol. The maximum absolute atomic E-state index is 12.4. The van der Waals surface area contributed by atoms with Gasteiger partial charge >= 0.3 is 0 Å². The highest BCUT2D eigenvalue weighted by molar-refractivity contribution is 6.31. The molecule has 0 aliphatic carbocycles. The van der Waals surface area contributed by atoms with E-state index in [0.717, 1.165) is 11.1 Å². The van der Waals surface area contributed by atoms with E-state index in [0.29, 0.717) is 21.8 Å². The lowest BCUT2D eigenvalue weighted by molar-refractivity contribution is 0.103. The lowest BCUT2D eigenvalue weighted by atomic mass is 9.97. The highest BCUT2D eigenvalue weighted by atomic mass is 35.5. The number of halogens is 1. The molecule has 0 heterocycles. The molecule has 0 fully saturated rings. The molecule has 0 bridgehead atoms. The summed E-state index contributed by atoms with van der Waals surface area (Å²) in [7, 11) is 0. The van der Waals surface area contributed by atoms with E-state index in [4.69, 9.17) is 17.3 Å². The second kappa shape index (κ2) is 4.83. The van der Waals surface area contributed by atoms with E-state index in [9.17, 15) is 4.79 Å². The highest BCUT2D eigenvalue weighted by Crippen LogP contribution is 2.21. The highest BCUT2D eigenvalue weighted by Gasteiger charge is 2.12. The third kappa shape index (κ3) is 2.39. The fourth-order valence-electron chi connectivity index (χ4n) is 1.81. The Hall–Kier alpha value is -1.80. The van der Waals surface area contributed by atoms with E-state index < -0.39 is 0 Å². The van der Waals surface area contributed by atoms with Crippen LogP contribution < -0.4 is 5.73 Å². The molecule has 0 aromatic heterocycles. The van der Waals surface area contributed by atoms with Crippen LogP contribution in [0.2, 0.25) is 5.02 Å². The second-order valence-corrected chi connectivity index (χ2v) is 4.80. The Morgan fingerprint density at radius 2 is 1.78 bits per heavy atom. The van der Waals surface area contributed by atoms with Gasteiger partial charge in [-0.25, -0.2) is 0 Å². The van der Waals surface area contributed by atoms with Crippen LogP contribution in [0.15, 0.2) is 36.4 Å². The molecule has 0 aliphatic rings. The van der Waals surface area contributed by atoms with Crippen molar-refractivity contribution in [2.75, 3.05) is 5.73 Å². The van der Waals surface area contributed by atoms with E-state index >= 15 is 0 Å². The molecule has 2 rings (SSSR count). The fourth-order valence-corrected chi connectivity index (χ4v) is 1.98. The van der Waals surface area contributed by atoms with Crippen LogP contribution >= 0.6 is 11.6 Å². The van der Waals surface area contributed by atoms with Crippen LogP contribution in [0.1, 0.15) is 27.0 Å². The van der Waals surface area contributed by atoms with E-state index in [1.165, 1.54) is 0 Å². The molecule has 0 radical (unpaired) electrons. The molecule has 0 atom stereocenters. The Morgan fingerprint density at radius 1 is 1.06 bits per heavy atom. The lowest BCUT2D eigenvalue weighted by Crippen LogP contribution is -2.04. The number of hydrogen-bond acceptors (Lipinski definition) is 2. The average Bonchev–Trinajstić information content (AvgIpc) is 2.35. The first-order chi connectivity index (χ1) is 8.49. The third-order valence-corrected chi connectivity index (χ3v) is 3.21. The van der Waals surface area contributed by atoms with Gasteiger partial charge < -0.3 is 5.73 Å². The lowest BCUT2D eigenvalue weighted by Gasteiger charge is -2.07. The van der Waals surface area contributed by atoms with Crippen molar-refractivity contribution < 1.29 is 4.79 Å². The van der Waals surface area contributed by atoms with Crippen LogP contribution in [-0.4, -0.2) is 5.78 Å². The molecule has 18 heavy (non-hydrogen) atoms. The number of nitrogen functional groups attached to an aromatic ring is 1. The zero-order valence-electron chi connectivity index (χ0n) is 10.3. The Bertz CT molecular complexity index is 620. The van der Waals surface area contributed by atoms with E-state index in [-0.39, 0.29) is 5.78 Å². The molecule has 0 aliphatic heterocycles. The van der Waals surface area contributed by atoms with Gasteiger partial charge in [0, 0.05) is 21.8 Å². The molecule has 0 saturated carbocycles. The van der Waals surface area contributed by atoms with Crippen molar-refractivity contribution in [3.63, 3.8) is 0 Å². The summed E-state index contributed by atoms with van der Waals surface area (Å²) in [5.41, 5.74) is 9.52. The average molecular weight is 260 g/mol. The number of anilines is 1. The Labute approximate surface area is 111 Å². The number of carbonyl (C=O) groups excluding carboxylic acids is 1. The molecule has 2 N–H and O–H groups in total. The molecule has 2 aromatic carbocycles. The first-order valence-corrected chi connectivity index (χ1v) is 6.04. The maximum atomic E-state index is 12.4. The van der Waals surface area contributed by atoms with Crippen molar-refractivity contribution in [1.29, 1.82) is 0 Å². The van der Waals surface area contributed by atoms with E-state index in [1.807, 2.05) is 19.9 Å². The van der Waals surface area contributed by atoms with Crippen molar-refractivity contribution in [1.82, 2.24) is 0 Å². The van der Waals surface area contributed by atoms with Gasteiger partial charge in [0.15, 0.2) is 5.78 Å². The first kappa shape index (κ1) is 12.7. The summed E-state index contributed by atoms with van der Waals surface area (Å²) in [4.78, 5) is 12.4. The minimum absolute atomic E-state index is 0.0295. The Balaban J connectivity index is 2.47. The normalized spacial score (nSPS) is 10.4. The third-order valence-electron chi connectivity index (χ3n) is 2.98. The zero-order valence-corrected chi connectivity index (χ0v) is 11.1. The molecule has 0 saturated heterocycles. The topological polar surface area (TPSA) is 43.1 Å². The van der Waals surface area contributed by atoms with Gasteiger partial charge in [-0.2, -0.15) is 0 Å².